The smallest absolute Gasteiger partial charge is 0.307 e. The van der Waals surface area contributed by atoms with Crippen LogP contribution in [0.25, 0.3) is 44.8 Å². The lowest BCUT2D eigenvalue weighted by Gasteiger charge is -2.26. The summed E-state index contributed by atoms with van der Waals surface area (Å²) in [4.78, 5) is 62.7. The molecule has 7 aromatic heterocycles. The van der Waals surface area contributed by atoms with E-state index in [0.717, 1.165) is 150 Å². The first kappa shape index (κ1) is 79.3. The van der Waals surface area contributed by atoms with Crippen LogP contribution in [0.1, 0.15) is 36.0 Å². The maximum atomic E-state index is 12.5. The van der Waals surface area contributed by atoms with Crippen molar-refractivity contribution < 1.29 is 42.1 Å². The van der Waals surface area contributed by atoms with E-state index in [2.05, 4.69) is 71.7 Å². The Morgan fingerprint density at radius 1 is 0.544 bits per heavy atom. The molecule has 2 aliphatic rings. The molecule has 2 aliphatic heterocycles. The van der Waals surface area contributed by atoms with Crippen LogP contribution in [0.2, 0.25) is 0 Å². The number of amides is 2. The minimum absolute atomic E-state index is 0.0205. The van der Waals surface area contributed by atoms with Crippen molar-refractivity contribution in [2.75, 3.05) is 113 Å². The number of aromatic nitrogens is 9. The molecule has 4 aromatic carbocycles. The van der Waals surface area contributed by atoms with Crippen molar-refractivity contribution in [1.29, 1.82) is 0 Å². The number of halogens is 2. The number of para-hydroxylation sites is 1. The van der Waals surface area contributed by atoms with Crippen molar-refractivity contribution in [1.82, 2.24) is 65.2 Å². The number of ether oxygens (including phenoxy) is 3. The van der Waals surface area contributed by atoms with E-state index in [-0.39, 0.29) is 31.1 Å². The Bertz CT molecular complexity index is 4410. The second kappa shape index (κ2) is 44.2. The number of alkyl halides is 2. The fourth-order valence-corrected chi connectivity index (χ4v) is 12.6. The molecule has 25 nitrogen and oxygen atoms in total. The van der Waals surface area contributed by atoms with Crippen molar-refractivity contribution in [2.24, 2.45) is 0 Å². The number of anilines is 3. The SMILES string of the molecule is C1CNCCN1.CS(=O)(=O)n1nnc2ccccc21.Nc1nc(-c2ccncc2)cs1.O=C(Cc1cccc(OCCCCl)c1)Nc1nc(-c2ccncc2)cs1.O=C(Cc1cccc(OCCCN2CCNCC2)c1)Nc1nc(-c2ccncc2)cs1.O=C(O)Cc1cccc(OCCCCl)c1. The summed E-state index contributed by atoms with van der Waals surface area (Å²) in [5.41, 5.74) is 14.7. The second-order valence-corrected chi connectivity index (χ2v) is 27.8. The van der Waals surface area contributed by atoms with Crippen LogP contribution in [-0.4, -0.2) is 177 Å². The number of aliphatic carboxylic acids is 1. The number of rotatable bonds is 25. The maximum Gasteiger partial charge on any atom is 0.307 e. The third kappa shape index (κ3) is 29.5. The molecule has 2 amide bonds. The maximum absolute atomic E-state index is 12.5. The zero-order valence-corrected chi connectivity index (χ0v) is 61.5. The zero-order valence-electron chi connectivity index (χ0n) is 56.7. The standard InChI is InChI=1S/C23H27N5O2S.C19H18ClN3O2S.C11H13ClO3.C8H7N3S.C7H7N3O2S.C4H10N2/c29-22(27-23-26-21(17-31-23)19-5-7-24-8-6-19)16-18-3-1-4-20(15-18)30-14-2-11-28-12-9-25-10-13-28;20-7-2-10-25-16-4-1-3-14(11-16)12-18(24)23-19-22-17(13-26-19)15-5-8-21-9-6-15;12-5-2-6-15-10-4-1-3-9(7-10)8-11(13)14;9-8-11-7(5-12-8)6-1-3-10-4-2-6;1-13(11,12)10-7-5-3-2-4-6(7)8-9-10;1-2-6-4-3-5-1/h1,3-8,15,17,25H,2,9-14,16H2,(H,26,27,29);1,3-6,8-9,11,13H,2,7,10,12H2,(H,22,23,24);1,3-4,7H,2,5-6,8H2,(H,13,14);1-5H,(H2,9,11);2-5H,1H3;5-6H,1-4H2. The largest absolute Gasteiger partial charge is 0.494 e. The van der Waals surface area contributed by atoms with Gasteiger partial charge in [-0.15, -0.1) is 66.4 Å². The van der Waals surface area contributed by atoms with Crippen molar-refractivity contribution in [3.05, 3.63) is 203 Å². The number of nitrogens with zero attached hydrogens (tertiary/aromatic N) is 10. The number of carboxylic acids is 1. The first-order chi connectivity index (χ1) is 50.2. The molecule has 31 heteroatoms. The number of carboxylic acid groups (broad SMARTS) is 1. The number of pyridine rings is 3. The lowest BCUT2D eigenvalue weighted by Crippen LogP contribution is -2.43. The molecule has 9 heterocycles. The van der Waals surface area contributed by atoms with Gasteiger partial charge in [-0.1, -0.05) is 53.7 Å². The summed E-state index contributed by atoms with van der Waals surface area (Å²) in [5, 5.41) is 39.0. The average molecular weight is 1510 g/mol. The van der Waals surface area contributed by atoms with Crippen molar-refractivity contribution in [2.45, 2.75) is 38.5 Å². The molecule has 8 N–H and O–H groups in total. The highest BCUT2D eigenvalue weighted by Crippen LogP contribution is 2.27. The van der Waals surface area contributed by atoms with Gasteiger partial charge in [0.15, 0.2) is 15.4 Å². The Morgan fingerprint density at radius 3 is 1.38 bits per heavy atom. The van der Waals surface area contributed by atoms with E-state index in [1.165, 1.54) is 34.0 Å². The molecule has 0 atom stereocenters. The molecule has 13 rings (SSSR count). The molecule has 0 radical (unpaired) electrons. The Hall–Kier alpha value is -9.40. The summed E-state index contributed by atoms with van der Waals surface area (Å²) in [6.07, 6.45) is 14.6. The van der Waals surface area contributed by atoms with Gasteiger partial charge in [-0.3, -0.25) is 29.3 Å². The van der Waals surface area contributed by atoms with Gasteiger partial charge < -0.3 is 56.5 Å². The number of benzene rings is 4. The van der Waals surface area contributed by atoms with Crippen LogP contribution < -0.4 is 46.5 Å². The molecule has 0 unspecified atom stereocenters. The van der Waals surface area contributed by atoms with Crippen molar-refractivity contribution in [3.8, 4) is 51.0 Å². The number of hydrogen-bond donors (Lipinski definition) is 7. The third-order valence-electron chi connectivity index (χ3n) is 14.5. The number of nitrogens with one attached hydrogen (secondary N) is 5. The molecular weight excluding hydrogens is 1430 g/mol. The van der Waals surface area contributed by atoms with Crippen molar-refractivity contribution >= 4 is 111 Å². The number of thiazole rings is 3. The van der Waals surface area contributed by atoms with Gasteiger partial charge in [0.2, 0.25) is 11.8 Å². The number of nitrogen functional groups attached to an aromatic ring is 1. The van der Waals surface area contributed by atoms with E-state index >= 15 is 0 Å². The van der Waals surface area contributed by atoms with Gasteiger partial charge >= 0.3 is 5.97 Å². The molecule has 0 spiro atoms. The Balaban J connectivity index is 0.000000167. The Kier molecular flexibility index (Phi) is 34.0. The van der Waals surface area contributed by atoms with Gasteiger partial charge in [0, 0.05) is 141 Å². The van der Waals surface area contributed by atoms with E-state index in [9.17, 15) is 22.8 Å². The molecule has 2 saturated heterocycles. The number of nitrogens with two attached hydrogens (primary N) is 1. The van der Waals surface area contributed by atoms with E-state index in [1.54, 1.807) is 85.7 Å². The predicted molar refractivity (Wildman–Crippen MR) is 410 cm³/mol. The van der Waals surface area contributed by atoms with Gasteiger partial charge in [0.1, 0.15) is 28.3 Å². The van der Waals surface area contributed by atoms with Crippen LogP contribution in [0.4, 0.5) is 15.4 Å². The van der Waals surface area contributed by atoms with Crippen LogP contribution in [0.5, 0.6) is 17.2 Å². The first-order valence-corrected chi connectivity index (χ1v) is 38.5. The highest BCUT2D eigenvalue weighted by atomic mass is 35.5. The van der Waals surface area contributed by atoms with Gasteiger partial charge in [0.05, 0.1) is 62.4 Å². The van der Waals surface area contributed by atoms with E-state index in [4.69, 9.17) is 48.3 Å². The topological polar surface area (TPSA) is 331 Å². The van der Waals surface area contributed by atoms with Gasteiger partial charge in [0.25, 0.3) is 10.0 Å². The van der Waals surface area contributed by atoms with E-state index in [0.29, 0.717) is 63.8 Å². The van der Waals surface area contributed by atoms with E-state index < -0.39 is 16.0 Å². The van der Waals surface area contributed by atoms with Crippen LogP contribution in [0.3, 0.4) is 0 Å². The first-order valence-electron chi connectivity index (χ1n) is 33.0. The summed E-state index contributed by atoms with van der Waals surface area (Å²) in [5.74, 6) is 2.33. The summed E-state index contributed by atoms with van der Waals surface area (Å²) in [6, 6.07) is 40.7. The predicted octanol–water partition coefficient (Wildman–Crippen LogP) is 11.0. The van der Waals surface area contributed by atoms with Gasteiger partial charge in [-0.05, 0) is 121 Å². The van der Waals surface area contributed by atoms with E-state index in [1.807, 2.05) is 101 Å². The Labute approximate surface area is 620 Å². The molecule has 103 heavy (non-hydrogen) atoms. The molecule has 0 aliphatic carbocycles. The fraction of sp³-hybridized carbons (Fsp3) is 0.292. The quantitative estimate of drug-likeness (QED) is 0.0206. The normalized spacial score (nSPS) is 12.5. The minimum atomic E-state index is -3.34. The van der Waals surface area contributed by atoms with Crippen LogP contribution in [-0.2, 0) is 43.7 Å². The summed E-state index contributed by atoms with van der Waals surface area (Å²) in [6.45, 7) is 11.8. The lowest BCUT2D eigenvalue weighted by atomic mass is 10.1. The van der Waals surface area contributed by atoms with Gasteiger partial charge in [-0.2, -0.15) is 0 Å². The lowest BCUT2D eigenvalue weighted by molar-refractivity contribution is -0.136. The molecule has 542 valence electrons. The van der Waals surface area contributed by atoms with Gasteiger partial charge in [-0.25, -0.2) is 23.4 Å². The molecule has 11 aromatic rings. The number of piperazine rings is 2. The van der Waals surface area contributed by atoms with Crippen LogP contribution in [0.15, 0.2) is 187 Å². The molecule has 2 fully saturated rings. The second-order valence-electron chi connectivity index (χ2n) is 22.6. The summed E-state index contributed by atoms with van der Waals surface area (Å²) >= 11 is 15.4. The average Bonchev–Trinajstić information content (AvgIpc) is 1.66. The van der Waals surface area contributed by atoms with Crippen molar-refractivity contribution in [3.63, 3.8) is 0 Å². The highest BCUT2D eigenvalue weighted by molar-refractivity contribution is 7.89. The third-order valence-corrected chi connectivity index (χ3v) is 18.1. The van der Waals surface area contributed by atoms with Crippen LogP contribution in [0, 0.1) is 0 Å². The fourth-order valence-electron chi connectivity index (χ4n) is 9.62. The monoisotopic (exact) mass is 1510 g/mol. The number of hydrogen-bond acceptors (Lipinski definition) is 24. The summed E-state index contributed by atoms with van der Waals surface area (Å²) in [7, 11) is -3.34. The molecule has 0 bridgehead atoms. The zero-order chi connectivity index (χ0) is 72.7. The minimum Gasteiger partial charge on any atom is -0.494 e. The number of fused-ring (bicyclic) bond motifs is 1. The number of carbonyl (C=O) groups excluding carboxylic acids is 2. The Morgan fingerprint density at radius 2 is 0.961 bits per heavy atom. The highest BCUT2D eigenvalue weighted by Gasteiger charge is 2.15. The van der Waals surface area contributed by atoms with Crippen LogP contribution >= 0.6 is 57.2 Å². The summed E-state index contributed by atoms with van der Waals surface area (Å²) < 4.78 is 40.2. The molecule has 0 saturated carbocycles. The molecular formula is C72H82Cl2N16O9S4. The number of carbonyl (C=O) groups is 3.